The molecule has 1 aromatic heterocycles. The maximum absolute atomic E-state index is 13.2. The summed E-state index contributed by atoms with van der Waals surface area (Å²) in [5, 5.41) is 6.47. The molecule has 158 valence electrons. The number of amides is 1. The summed E-state index contributed by atoms with van der Waals surface area (Å²) < 4.78 is 39.5. The molecule has 8 nitrogen and oxygen atoms in total. The highest BCUT2D eigenvalue weighted by Gasteiger charge is 2.23. The summed E-state index contributed by atoms with van der Waals surface area (Å²) in [5.41, 5.74) is 3.41. The van der Waals surface area contributed by atoms with E-state index in [0.29, 0.717) is 33.8 Å². The minimum atomic E-state index is -3.92. The third-order valence-corrected chi connectivity index (χ3v) is 6.03. The van der Waals surface area contributed by atoms with Crippen molar-refractivity contribution in [2.24, 2.45) is 0 Å². The summed E-state index contributed by atoms with van der Waals surface area (Å²) in [5.74, 6) is 0.266. The average Bonchev–Trinajstić information content (AvgIpc) is 3.01. The van der Waals surface area contributed by atoms with Crippen LogP contribution in [0.5, 0.6) is 5.75 Å². The Bertz CT molecular complexity index is 1220. The molecule has 3 rings (SSSR count). The molecular weight excluding hydrogens is 406 g/mol. The fourth-order valence-corrected chi connectivity index (χ4v) is 4.43. The second-order valence-corrected chi connectivity index (χ2v) is 8.59. The first-order chi connectivity index (χ1) is 14.1. The summed E-state index contributed by atoms with van der Waals surface area (Å²) >= 11 is 0. The summed E-state index contributed by atoms with van der Waals surface area (Å²) in [6.07, 6.45) is 0. The lowest BCUT2D eigenvalue weighted by molar-refractivity contribution is -0.114. The molecule has 1 amide bonds. The minimum absolute atomic E-state index is 0.0953. The predicted molar refractivity (Wildman–Crippen MR) is 114 cm³/mol. The summed E-state index contributed by atoms with van der Waals surface area (Å²) in [4.78, 5) is 11.6. The van der Waals surface area contributed by atoms with Crippen LogP contribution in [0.15, 0.2) is 45.8 Å². The number of nitrogens with zero attached hydrogens (tertiary/aromatic N) is 1. The van der Waals surface area contributed by atoms with Crippen LogP contribution < -0.4 is 14.8 Å². The average molecular weight is 429 g/mol. The van der Waals surface area contributed by atoms with Crippen LogP contribution in [0.3, 0.4) is 0 Å². The number of sulfonamides is 1. The molecule has 0 atom stereocenters. The quantitative estimate of drug-likeness (QED) is 0.612. The molecule has 0 saturated heterocycles. The van der Waals surface area contributed by atoms with Crippen molar-refractivity contribution in [3.8, 4) is 16.9 Å². The second kappa shape index (κ2) is 8.19. The third-order valence-electron chi connectivity index (χ3n) is 4.52. The smallest absolute Gasteiger partial charge is 0.262 e. The van der Waals surface area contributed by atoms with Crippen molar-refractivity contribution < 1.29 is 22.5 Å². The molecule has 0 aliphatic heterocycles. The van der Waals surface area contributed by atoms with Crippen molar-refractivity contribution in [3.05, 3.63) is 53.2 Å². The Hall–Kier alpha value is -3.33. The highest BCUT2D eigenvalue weighted by molar-refractivity contribution is 7.92. The summed E-state index contributed by atoms with van der Waals surface area (Å²) in [6, 6.07) is 10.2. The van der Waals surface area contributed by atoms with Gasteiger partial charge in [0, 0.05) is 6.92 Å². The van der Waals surface area contributed by atoms with Gasteiger partial charge in [0.15, 0.2) is 0 Å². The zero-order chi connectivity index (χ0) is 22.1. The van der Waals surface area contributed by atoms with Gasteiger partial charge in [-0.3, -0.25) is 14.8 Å². The number of carbonyl (C=O) groups is 1. The van der Waals surface area contributed by atoms with E-state index in [1.54, 1.807) is 38.1 Å². The molecule has 0 spiro atoms. The first-order valence-corrected chi connectivity index (χ1v) is 10.6. The summed E-state index contributed by atoms with van der Waals surface area (Å²) in [6.45, 7) is 6.64. The highest BCUT2D eigenvalue weighted by atomic mass is 32.2. The predicted octanol–water partition coefficient (Wildman–Crippen LogP) is 4.03. The van der Waals surface area contributed by atoms with Crippen molar-refractivity contribution in [1.82, 2.24) is 5.16 Å². The van der Waals surface area contributed by atoms with Gasteiger partial charge < -0.3 is 9.26 Å². The Morgan fingerprint density at radius 3 is 2.50 bits per heavy atom. The molecule has 0 saturated carbocycles. The zero-order valence-electron chi connectivity index (χ0n) is 17.4. The van der Waals surface area contributed by atoms with Crippen LogP contribution in [0, 0.1) is 20.8 Å². The number of methoxy groups -OCH3 is 1. The van der Waals surface area contributed by atoms with Crippen molar-refractivity contribution >= 4 is 27.5 Å². The van der Waals surface area contributed by atoms with Gasteiger partial charge in [0.1, 0.15) is 5.75 Å². The molecule has 0 aliphatic carbocycles. The number of anilines is 2. The van der Waals surface area contributed by atoms with Gasteiger partial charge in [-0.25, -0.2) is 8.42 Å². The SMILES string of the molecule is COc1ccc(C)cc1NS(=O)(=O)c1cc(-c2c(C)noc2NC(C)=O)ccc1C. The van der Waals surface area contributed by atoms with Gasteiger partial charge in [-0.05, 0) is 55.7 Å². The van der Waals surface area contributed by atoms with Crippen LogP contribution in [0.1, 0.15) is 23.7 Å². The van der Waals surface area contributed by atoms with Crippen molar-refractivity contribution in [1.29, 1.82) is 0 Å². The minimum Gasteiger partial charge on any atom is -0.495 e. The Kier molecular flexibility index (Phi) is 5.84. The van der Waals surface area contributed by atoms with E-state index in [1.807, 2.05) is 13.0 Å². The Balaban J connectivity index is 2.07. The molecule has 30 heavy (non-hydrogen) atoms. The number of nitrogens with one attached hydrogen (secondary N) is 2. The highest BCUT2D eigenvalue weighted by Crippen LogP contribution is 2.35. The molecule has 0 unspecified atom stereocenters. The van der Waals surface area contributed by atoms with E-state index in [4.69, 9.17) is 9.26 Å². The lowest BCUT2D eigenvalue weighted by atomic mass is 10.0. The summed E-state index contributed by atoms with van der Waals surface area (Å²) in [7, 11) is -2.45. The Labute approximate surface area is 175 Å². The molecule has 0 bridgehead atoms. The number of ether oxygens (including phenoxy) is 1. The second-order valence-electron chi connectivity index (χ2n) is 6.94. The van der Waals surface area contributed by atoms with Crippen molar-refractivity contribution in [2.45, 2.75) is 32.6 Å². The fourth-order valence-electron chi connectivity index (χ4n) is 3.10. The molecule has 3 aromatic rings. The monoisotopic (exact) mass is 429 g/mol. The molecule has 0 radical (unpaired) electrons. The number of aryl methyl sites for hydroxylation is 3. The molecule has 0 fully saturated rings. The van der Waals surface area contributed by atoms with Gasteiger partial charge in [-0.1, -0.05) is 23.4 Å². The van der Waals surface area contributed by atoms with Gasteiger partial charge in [0.2, 0.25) is 11.8 Å². The van der Waals surface area contributed by atoms with Crippen LogP contribution >= 0.6 is 0 Å². The number of benzene rings is 2. The molecular formula is C21H23N3O5S. The third kappa shape index (κ3) is 4.30. The normalized spacial score (nSPS) is 11.2. The van der Waals surface area contributed by atoms with E-state index in [1.165, 1.54) is 20.1 Å². The van der Waals surface area contributed by atoms with E-state index < -0.39 is 10.0 Å². The number of hydrogen-bond acceptors (Lipinski definition) is 6. The maximum Gasteiger partial charge on any atom is 0.262 e. The van der Waals surface area contributed by atoms with E-state index in [2.05, 4.69) is 15.2 Å². The van der Waals surface area contributed by atoms with Crippen LogP contribution in [0.4, 0.5) is 11.6 Å². The van der Waals surface area contributed by atoms with Gasteiger partial charge in [-0.2, -0.15) is 0 Å². The fraction of sp³-hybridized carbons (Fsp3) is 0.238. The number of aromatic nitrogens is 1. The van der Waals surface area contributed by atoms with Crippen molar-refractivity contribution in [3.63, 3.8) is 0 Å². The van der Waals surface area contributed by atoms with Gasteiger partial charge >= 0.3 is 0 Å². The van der Waals surface area contributed by atoms with E-state index in [9.17, 15) is 13.2 Å². The zero-order valence-corrected chi connectivity index (χ0v) is 18.2. The van der Waals surface area contributed by atoms with E-state index >= 15 is 0 Å². The number of carbonyl (C=O) groups excluding carboxylic acids is 1. The van der Waals surface area contributed by atoms with Crippen LogP contribution in [0.2, 0.25) is 0 Å². The molecule has 1 heterocycles. The van der Waals surface area contributed by atoms with E-state index in [0.717, 1.165) is 5.56 Å². The first-order valence-electron chi connectivity index (χ1n) is 9.14. The first kappa shape index (κ1) is 21.4. The van der Waals surface area contributed by atoms with Gasteiger partial charge in [-0.15, -0.1) is 0 Å². The standard InChI is InChI=1S/C21H23N3O5S/c1-12-6-9-18(28-5)17(10-12)24-30(26,27)19-11-16(8-7-13(19)2)20-14(3)23-29-21(20)22-15(4)25/h6-11,24H,1-5H3,(H,22,25). The maximum atomic E-state index is 13.2. The van der Waals surface area contributed by atoms with Crippen LogP contribution in [-0.4, -0.2) is 26.6 Å². The lowest BCUT2D eigenvalue weighted by Gasteiger charge is -2.15. The largest absolute Gasteiger partial charge is 0.495 e. The molecule has 0 aliphatic rings. The van der Waals surface area contributed by atoms with Crippen molar-refractivity contribution in [2.75, 3.05) is 17.1 Å². The van der Waals surface area contributed by atoms with Crippen LogP contribution in [-0.2, 0) is 14.8 Å². The van der Waals surface area contributed by atoms with E-state index in [-0.39, 0.29) is 16.7 Å². The Morgan fingerprint density at radius 1 is 1.10 bits per heavy atom. The topological polar surface area (TPSA) is 111 Å². The Morgan fingerprint density at radius 2 is 1.83 bits per heavy atom. The number of rotatable bonds is 6. The van der Waals surface area contributed by atoms with Crippen LogP contribution in [0.25, 0.3) is 11.1 Å². The lowest BCUT2D eigenvalue weighted by Crippen LogP contribution is -2.15. The molecule has 2 aromatic carbocycles. The van der Waals surface area contributed by atoms with Gasteiger partial charge in [0.25, 0.3) is 10.0 Å². The number of hydrogen-bond donors (Lipinski definition) is 2. The molecule has 2 N–H and O–H groups in total. The molecule has 9 heteroatoms. The van der Waals surface area contributed by atoms with Gasteiger partial charge in [0.05, 0.1) is 29.0 Å².